The highest BCUT2D eigenvalue weighted by molar-refractivity contribution is 7.90. The molecule has 1 heterocycles. The molecule has 7 heteroatoms. The van der Waals surface area contributed by atoms with Crippen LogP contribution in [0.2, 0.25) is 0 Å². The van der Waals surface area contributed by atoms with Crippen molar-refractivity contribution < 1.29 is 18.3 Å². The van der Waals surface area contributed by atoms with E-state index in [0.29, 0.717) is 6.42 Å². The molecule has 6 nitrogen and oxygen atoms in total. The Bertz CT molecular complexity index is 649. The first-order valence-electron chi connectivity index (χ1n) is 6.88. The lowest BCUT2D eigenvalue weighted by molar-refractivity contribution is -0.122. The Morgan fingerprint density at radius 3 is 2.71 bits per heavy atom. The van der Waals surface area contributed by atoms with Gasteiger partial charge in [0.1, 0.15) is 5.75 Å². The third-order valence-electron chi connectivity index (χ3n) is 3.93. The van der Waals surface area contributed by atoms with E-state index in [4.69, 9.17) is 0 Å². The van der Waals surface area contributed by atoms with Crippen LogP contribution in [0.4, 0.5) is 5.69 Å². The highest BCUT2D eigenvalue weighted by atomic mass is 32.2. The van der Waals surface area contributed by atoms with Crippen LogP contribution in [0.1, 0.15) is 26.2 Å². The average molecular weight is 312 g/mol. The summed E-state index contributed by atoms with van der Waals surface area (Å²) >= 11 is 0. The van der Waals surface area contributed by atoms with Gasteiger partial charge in [0.15, 0.2) is 9.84 Å². The molecule has 0 aliphatic carbocycles. The molecule has 1 aromatic carbocycles. The molecular formula is C14H20N2O4S. The van der Waals surface area contributed by atoms with Gasteiger partial charge in [0.05, 0.1) is 16.1 Å². The van der Waals surface area contributed by atoms with Gasteiger partial charge in [0.2, 0.25) is 5.91 Å². The molecule has 21 heavy (non-hydrogen) atoms. The van der Waals surface area contributed by atoms with Gasteiger partial charge in [-0.1, -0.05) is 6.92 Å². The summed E-state index contributed by atoms with van der Waals surface area (Å²) in [6, 6.07) is 3.86. The Morgan fingerprint density at radius 1 is 1.48 bits per heavy atom. The fourth-order valence-corrected chi connectivity index (χ4v) is 3.20. The largest absolute Gasteiger partial charge is 0.506 e. The van der Waals surface area contributed by atoms with Gasteiger partial charge in [-0.3, -0.25) is 4.79 Å². The van der Waals surface area contributed by atoms with E-state index in [0.717, 1.165) is 25.6 Å². The van der Waals surface area contributed by atoms with Gasteiger partial charge >= 0.3 is 0 Å². The average Bonchev–Trinajstić information content (AvgIpc) is 2.90. The van der Waals surface area contributed by atoms with E-state index in [-0.39, 0.29) is 22.2 Å². The molecule has 1 amide bonds. The van der Waals surface area contributed by atoms with Gasteiger partial charge in [-0.15, -0.1) is 0 Å². The lowest BCUT2D eigenvalue weighted by Gasteiger charge is -2.26. The van der Waals surface area contributed by atoms with Gasteiger partial charge in [-0.2, -0.15) is 0 Å². The molecule has 3 N–H and O–H groups in total. The normalized spacial score (nSPS) is 22.2. The van der Waals surface area contributed by atoms with E-state index in [1.54, 1.807) is 0 Å². The van der Waals surface area contributed by atoms with E-state index >= 15 is 0 Å². The van der Waals surface area contributed by atoms with Crippen LogP contribution < -0.4 is 10.6 Å². The summed E-state index contributed by atoms with van der Waals surface area (Å²) in [5.41, 5.74) is -0.530. The molecule has 1 saturated heterocycles. The molecule has 1 fully saturated rings. The molecule has 1 atom stereocenters. The van der Waals surface area contributed by atoms with Crippen LogP contribution in [0.25, 0.3) is 0 Å². The summed E-state index contributed by atoms with van der Waals surface area (Å²) in [6.45, 7) is 2.70. The van der Waals surface area contributed by atoms with E-state index in [1.165, 1.54) is 18.2 Å². The van der Waals surface area contributed by atoms with Crippen LogP contribution in [0.5, 0.6) is 5.75 Å². The number of hydrogen-bond donors (Lipinski definition) is 3. The monoisotopic (exact) mass is 312 g/mol. The fourth-order valence-electron chi connectivity index (χ4n) is 2.55. The zero-order chi connectivity index (χ0) is 15.7. The standard InChI is InChI=1S/C14H20N2O4S/c1-3-14(7-4-8-15-14)13(18)16-11-9-10(21(2,19)20)5-6-12(11)17/h5-6,9,15,17H,3-4,7-8H2,1-2H3,(H,16,18). The highest BCUT2D eigenvalue weighted by Crippen LogP contribution is 2.30. The number of nitrogens with one attached hydrogen (secondary N) is 2. The summed E-state index contributed by atoms with van der Waals surface area (Å²) in [4.78, 5) is 12.5. The second-order valence-corrected chi connectivity index (χ2v) is 7.39. The van der Waals surface area contributed by atoms with Gasteiger partial charge in [0.25, 0.3) is 0 Å². The lowest BCUT2D eigenvalue weighted by atomic mass is 9.93. The number of phenols is 1. The van der Waals surface area contributed by atoms with E-state index in [1.807, 2.05) is 6.92 Å². The van der Waals surface area contributed by atoms with E-state index < -0.39 is 15.4 Å². The smallest absolute Gasteiger partial charge is 0.244 e. The first kappa shape index (κ1) is 15.8. The van der Waals surface area contributed by atoms with Crippen LogP contribution >= 0.6 is 0 Å². The predicted molar refractivity (Wildman–Crippen MR) is 80.1 cm³/mol. The Morgan fingerprint density at radius 2 is 2.19 bits per heavy atom. The van der Waals surface area contributed by atoms with Crippen molar-refractivity contribution in [3.63, 3.8) is 0 Å². The molecule has 1 aliphatic heterocycles. The highest BCUT2D eigenvalue weighted by Gasteiger charge is 2.39. The van der Waals surface area contributed by atoms with Crippen molar-refractivity contribution in [3.05, 3.63) is 18.2 Å². The second kappa shape index (κ2) is 5.65. The molecule has 0 spiro atoms. The summed E-state index contributed by atoms with van der Waals surface area (Å²) in [6.07, 6.45) is 3.35. The first-order valence-corrected chi connectivity index (χ1v) is 8.77. The Hall–Kier alpha value is -1.60. The van der Waals surface area contributed by atoms with E-state index in [2.05, 4.69) is 10.6 Å². The molecule has 0 saturated carbocycles. The van der Waals surface area contributed by atoms with Gasteiger partial charge in [-0.05, 0) is 44.0 Å². The van der Waals surface area contributed by atoms with Crippen molar-refractivity contribution in [1.29, 1.82) is 0 Å². The number of sulfone groups is 1. The Balaban J connectivity index is 2.29. The number of benzene rings is 1. The van der Waals surface area contributed by atoms with Crippen molar-refractivity contribution in [2.45, 2.75) is 36.6 Å². The molecule has 116 valence electrons. The molecule has 1 aromatic rings. The number of amides is 1. The molecule has 0 radical (unpaired) electrons. The number of anilines is 1. The Labute approximate surface area is 124 Å². The summed E-state index contributed by atoms with van der Waals surface area (Å²) in [7, 11) is -3.40. The second-order valence-electron chi connectivity index (χ2n) is 5.37. The number of aromatic hydroxyl groups is 1. The minimum atomic E-state index is -3.40. The SMILES string of the molecule is CCC1(C(=O)Nc2cc(S(C)(=O)=O)ccc2O)CCCN1. The quantitative estimate of drug-likeness (QED) is 0.728. The maximum absolute atomic E-state index is 12.4. The lowest BCUT2D eigenvalue weighted by Crippen LogP contribution is -2.50. The zero-order valence-electron chi connectivity index (χ0n) is 12.1. The molecule has 1 aliphatic rings. The third-order valence-corrected chi connectivity index (χ3v) is 5.04. The summed E-state index contributed by atoms with van der Waals surface area (Å²) < 4.78 is 23.1. The number of carbonyl (C=O) groups is 1. The maximum atomic E-state index is 12.4. The van der Waals surface area contributed by atoms with Crippen LogP contribution in [-0.4, -0.2) is 37.8 Å². The van der Waals surface area contributed by atoms with Crippen LogP contribution in [0, 0.1) is 0 Å². The van der Waals surface area contributed by atoms with Crippen LogP contribution in [0.15, 0.2) is 23.1 Å². The van der Waals surface area contributed by atoms with Crippen molar-refractivity contribution in [3.8, 4) is 5.75 Å². The number of hydrogen-bond acceptors (Lipinski definition) is 5. The van der Waals surface area contributed by atoms with Crippen molar-refractivity contribution >= 4 is 21.4 Å². The number of carbonyl (C=O) groups excluding carboxylic acids is 1. The zero-order valence-corrected chi connectivity index (χ0v) is 13.0. The van der Waals surface area contributed by atoms with Gasteiger partial charge in [0, 0.05) is 6.26 Å². The van der Waals surface area contributed by atoms with Crippen LogP contribution in [0.3, 0.4) is 0 Å². The van der Waals surface area contributed by atoms with Gasteiger partial charge in [-0.25, -0.2) is 8.42 Å². The minimum absolute atomic E-state index is 0.0560. The Kier molecular flexibility index (Phi) is 4.25. The molecule has 0 bridgehead atoms. The van der Waals surface area contributed by atoms with Crippen LogP contribution in [-0.2, 0) is 14.6 Å². The van der Waals surface area contributed by atoms with Gasteiger partial charge < -0.3 is 15.7 Å². The van der Waals surface area contributed by atoms with Crippen molar-refractivity contribution in [1.82, 2.24) is 5.32 Å². The number of phenolic OH excluding ortho intramolecular Hbond substituents is 1. The van der Waals surface area contributed by atoms with Crippen molar-refractivity contribution in [2.75, 3.05) is 18.1 Å². The number of rotatable bonds is 4. The molecule has 2 rings (SSSR count). The molecule has 1 unspecified atom stereocenters. The maximum Gasteiger partial charge on any atom is 0.244 e. The molecular weight excluding hydrogens is 292 g/mol. The van der Waals surface area contributed by atoms with Crippen molar-refractivity contribution in [2.24, 2.45) is 0 Å². The molecule has 0 aromatic heterocycles. The topological polar surface area (TPSA) is 95.5 Å². The summed E-state index contributed by atoms with van der Waals surface area (Å²) in [5.74, 6) is -0.400. The fraction of sp³-hybridized carbons (Fsp3) is 0.500. The van der Waals surface area contributed by atoms with E-state index in [9.17, 15) is 18.3 Å². The third kappa shape index (κ3) is 3.19. The predicted octanol–water partition coefficient (Wildman–Crippen LogP) is 1.27. The first-order chi connectivity index (χ1) is 9.78. The summed E-state index contributed by atoms with van der Waals surface area (Å²) in [5, 5.41) is 15.7. The minimum Gasteiger partial charge on any atom is -0.506 e.